The first-order valence-corrected chi connectivity index (χ1v) is 6.62. The molecule has 0 unspecified atom stereocenters. The van der Waals surface area contributed by atoms with Crippen LogP contribution in [0.5, 0.6) is 0 Å². The van der Waals surface area contributed by atoms with Gasteiger partial charge in [0.25, 0.3) is 0 Å². The van der Waals surface area contributed by atoms with Crippen molar-refractivity contribution in [3.05, 3.63) is 6.33 Å². The SMILES string of the molecule is CNc1nc(N2CCC(C(N)=O)CC2)c2[nH]cnc2n1. The molecule has 1 aliphatic heterocycles. The Morgan fingerprint density at radius 3 is 2.85 bits per heavy atom. The lowest BCUT2D eigenvalue weighted by molar-refractivity contribution is -0.122. The zero-order chi connectivity index (χ0) is 14.1. The van der Waals surface area contributed by atoms with Gasteiger partial charge in [-0.05, 0) is 12.8 Å². The lowest BCUT2D eigenvalue weighted by atomic mass is 9.96. The third-order valence-corrected chi connectivity index (χ3v) is 3.69. The summed E-state index contributed by atoms with van der Waals surface area (Å²) in [6.45, 7) is 1.50. The van der Waals surface area contributed by atoms with Gasteiger partial charge >= 0.3 is 0 Å². The van der Waals surface area contributed by atoms with Crippen molar-refractivity contribution < 1.29 is 4.79 Å². The van der Waals surface area contributed by atoms with E-state index in [0.29, 0.717) is 11.6 Å². The Labute approximate surface area is 115 Å². The van der Waals surface area contributed by atoms with Crippen LogP contribution in [0.25, 0.3) is 11.2 Å². The van der Waals surface area contributed by atoms with Crippen LogP contribution in [0.15, 0.2) is 6.33 Å². The molecule has 2 aromatic heterocycles. The molecule has 1 saturated heterocycles. The minimum atomic E-state index is -0.213. The Balaban J connectivity index is 1.90. The number of carbonyl (C=O) groups is 1. The number of nitrogens with zero attached hydrogens (tertiary/aromatic N) is 4. The standard InChI is InChI=1S/C12H17N7O/c1-14-12-17-10-8(15-6-16-10)11(18-12)19-4-2-7(3-5-19)9(13)20/h6-7H,2-5H2,1H3,(H2,13,20)(H2,14,15,16,17,18). The van der Waals surface area contributed by atoms with Crippen LogP contribution < -0.4 is 16.0 Å². The number of primary amides is 1. The van der Waals surface area contributed by atoms with Crippen LogP contribution in [0.3, 0.4) is 0 Å². The number of amides is 1. The number of imidazole rings is 1. The lowest BCUT2D eigenvalue weighted by Gasteiger charge is -2.31. The second kappa shape index (κ2) is 4.95. The quantitative estimate of drug-likeness (QED) is 0.732. The molecule has 0 aliphatic carbocycles. The summed E-state index contributed by atoms with van der Waals surface area (Å²) in [5, 5.41) is 2.94. The summed E-state index contributed by atoms with van der Waals surface area (Å²) < 4.78 is 0. The van der Waals surface area contributed by atoms with Gasteiger partial charge in [-0.25, -0.2) is 4.98 Å². The molecule has 0 radical (unpaired) electrons. The van der Waals surface area contributed by atoms with E-state index in [4.69, 9.17) is 5.73 Å². The van der Waals surface area contributed by atoms with Crippen molar-refractivity contribution in [1.29, 1.82) is 0 Å². The normalized spacial score (nSPS) is 16.6. The number of fused-ring (bicyclic) bond motifs is 1. The van der Waals surface area contributed by atoms with Crippen molar-refractivity contribution in [1.82, 2.24) is 19.9 Å². The molecule has 3 heterocycles. The molecule has 8 heteroatoms. The van der Waals surface area contributed by atoms with Crippen LogP contribution >= 0.6 is 0 Å². The van der Waals surface area contributed by atoms with E-state index in [2.05, 4.69) is 30.2 Å². The molecular formula is C12H17N7O. The maximum atomic E-state index is 11.2. The first-order valence-electron chi connectivity index (χ1n) is 6.62. The van der Waals surface area contributed by atoms with Gasteiger partial charge in [-0.15, -0.1) is 0 Å². The zero-order valence-corrected chi connectivity index (χ0v) is 11.3. The highest BCUT2D eigenvalue weighted by Crippen LogP contribution is 2.27. The molecule has 1 amide bonds. The first-order chi connectivity index (χ1) is 9.69. The van der Waals surface area contributed by atoms with Crippen LogP contribution in [0.2, 0.25) is 0 Å². The van der Waals surface area contributed by atoms with Crippen LogP contribution in [0, 0.1) is 5.92 Å². The van der Waals surface area contributed by atoms with E-state index in [0.717, 1.165) is 37.3 Å². The second-order valence-electron chi connectivity index (χ2n) is 4.89. The number of aromatic amines is 1. The molecule has 1 fully saturated rings. The summed E-state index contributed by atoms with van der Waals surface area (Å²) in [6.07, 6.45) is 3.12. The fourth-order valence-corrected chi connectivity index (χ4v) is 2.53. The van der Waals surface area contributed by atoms with E-state index in [9.17, 15) is 4.79 Å². The fraction of sp³-hybridized carbons (Fsp3) is 0.500. The average molecular weight is 275 g/mol. The van der Waals surface area contributed by atoms with Crippen LogP contribution in [-0.2, 0) is 4.79 Å². The van der Waals surface area contributed by atoms with Crippen molar-refractivity contribution in [2.45, 2.75) is 12.8 Å². The monoisotopic (exact) mass is 275 g/mol. The van der Waals surface area contributed by atoms with Gasteiger partial charge in [0.1, 0.15) is 5.52 Å². The number of nitrogens with one attached hydrogen (secondary N) is 2. The molecule has 0 bridgehead atoms. The number of anilines is 2. The van der Waals surface area contributed by atoms with Gasteiger partial charge in [0.2, 0.25) is 11.9 Å². The number of aromatic nitrogens is 4. The van der Waals surface area contributed by atoms with E-state index < -0.39 is 0 Å². The molecule has 2 aromatic rings. The molecule has 1 aliphatic rings. The first kappa shape index (κ1) is 12.6. The molecule has 20 heavy (non-hydrogen) atoms. The number of hydrogen-bond donors (Lipinski definition) is 3. The molecule has 0 spiro atoms. The summed E-state index contributed by atoms with van der Waals surface area (Å²) in [7, 11) is 1.77. The molecule has 8 nitrogen and oxygen atoms in total. The van der Waals surface area contributed by atoms with Crippen molar-refractivity contribution >= 4 is 28.8 Å². The highest BCUT2D eigenvalue weighted by Gasteiger charge is 2.25. The molecule has 106 valence electrons. The van der Waals surface area contributed by atoms with Crippen LogP contribution in [0.1, 0.15) is 12.8 Å². The van der Waals surface area contributed by atoms with Gasteiger partial charge in [-0.1, -0.05) is 0 Å². The van der Waals surface area contributed by atoms with Crippen LogP contribution in [0.4, 0.5) is 11.8 Å². The maximum absolute atomic E-state index is 11.2. The minimum Gasteiger partial charge on any atom is -0.369 e. The third-order valence-electron chi connectivity index (χ3n) is 3.69. The summed E-state index contributed by atoms with van der Waals surface area (Å²) in [5.41, 5.74) is 6.82. The predicted octanol–water partition coefficient (Wildman–Crippen LogP) is 0.0963. The van der Waals surface area contributed by atoms with E-state index in [-0.39, 0.29) is 11.8 Å². The number of nitrogens with two attached hydrogens (primary N) is 1. The van der Waals surface area contributed by atoms with Gasteiger partial charge in [0.15, 0.2) is 11.5 Å². The van der Waals surface area contributed by atoms with E-state index in [1.54, 1.807) is 13.4 Å². The lowest BCUT2D eigenvalue weighted by Crippen LogP contribution is -2.39. The molecule has 0 aromatic carbocycles. The Morgan fingerprint density at radius 2 is 2.20 bits per heavy atom. The smallest absolute Gasteiger partial charge is 0.226 e. The van der Waals surface area contributed by atoms with Gasteiger partial charge in [0, 0.05) is 26.1 Å². The molecule has 0 atom stereocenters. The van der Waals surface area contributed by atoms with Crippen molar-refractivity contribution in [2.24, 2.45) is 11.7 Å². The van der Waals surface area contributed by atoms with Gasteiger partial charge < -0.3 is 20.9 Å². The van der Waals surface area contributed by atoms with Crippen molar-refractivity contribution in [2.75, 3.05) is 30.4 Å². The molecule has 4 N–H and O–H groups in total. The molecule has 0 saturated carbocycles. The zero-order valence-electron chi connectivity index (χ0n) is 11.3. The highest BCUT2D eigenvalue weighted by molar-refractivity contribution is 5.84. The number of piperidine rings is 1. The minimum absolute atomic E-state index is 0.0332. The topological polar surface area (TPSA) is 113 Å². The summed E-state index contributed by atoms with van der Waals surface area (Å²) in [4.78, 5) is 29.4. The van der Waals surface area contributed by atoms with E-state index >= 15 is 0 Å². The number of rotatable bonds is 3. The number of H-pyrrole nitrogens is 1. The van der Waals surface area contributed by atoms with E-state index in [1.165, 1.54) is 0 Å². The van der Waals surface area contributed by atoms with Gasteiger partial charge in [-0.2, -0.15) is 9.97 Å². The Morgan fingerprint density at radius 1 is 1.45 bits per heavy atom. The second-order valence-corrected chi connectivity index (χ2v) is 4.89. The maximum Gasteiger partial charge on any atom is 0.226 e. The van der Waals surface area contributed by atoms with Crippen LogP contribution in [-0.4, -0.2) is 46.0 Å². The van der Waals surface area contributed by atoms with Crippen molar-refractivity contribution in [3.8, 4) is 0 Å². The summed E-state index contributed by atoms with van der Waals surface area (Å²) >= 11 is 0. The molecular weight excluding hydrogens is 258 g/mol. The Kier molecular flexibility index (Phi) is 3.13. The number of carbonyl (C=O) groups excluding carboxylic acids is 1. The predicted molar refractivity (Wildman–Crippen MR) is 75.4 cm³/mol. The Hall–Kier alpha value is -2.38. The Bertz CT molecular complexity index is 630. The molecule has 3 rings (SSSR count). The largest absolute Gasteiger partial charge is 0.369 e. The van der Waals surface area contributed by atoms with Crippen molar-refractivity contribution in [3.63, 3.8) is 0 Å². The summed E-state index contributed by atoms with van der Waals surface area (Å²) in [5.74, 6) is 1.11. The van der Waals surface area contributed by atoms with Gasteiger partial charge in [-0.3, -0.25) is 4.79 Å². The third kappa shape index (κ3) is 2.13. The summed E-state index contributed by atoms with van der Waals surface area (Å²) in [6, 6.07) is 0. The van der Waals surface area contributed by atoms with E-state index in [1.807, 2.05) is 0 Å². The average Bonchev–Trinajstić information content (AvgIpc) is 2.94. The number of hydrogen-bond acceptors (Lipinski definition) is 6. The highest BCUT2D eigenvalue weighted by atomic mass is 16.1. The fourth-order valence-electron chi connectivity index (χ4n) is 2.53. The van der Waals surface area contributed by atoms with Gasteiger partial charge in [0.05, 0.1) is 6.33 Å².